The number of oxazole rings is 1. The Kier molecular flexibility index (Phi) is 6.25. The van der Waals surface area contributed by atoms with Crippen LogP contribution in [0.2, 0.25) is 0 Å². The molecule has 0 radical (unpaired) electrons. The molecule has 32 heavy (non-hydrogen) atoms. The second kappa shape index (κ2) is 9.42. The molecule has 2 aromatic carbocycles. The molecule has 0 saturated heterocycles. The number of H-pyrrole nitrogens is 1. The molecule has 4 rings (SSSR count). The van der Waals surface area contributed by atoms with Crippen molar-refractivity contribution in [2.45, 2.75) is 25.8 Å². The number of benzene rings is 2. The molecule has 9 heteroatoms. The minimum absolute atomic E-state index is 0.120. The van der Waals surface area contributed by atoms with Crippen LogP contribution in [0, 0.1) is 0 Å². The zero-order chi connectivity index (χ0) is 22.5. The third kappa shape index (κ3) is 4.83. The topological polar surface area (TPSA) is 111 Å². The lowest BCUT2D eigenvalue weighted by atomic mass is 10.1. The Balaban J connectivity index is 1.32. The number of nitrogens with zero attached hydrogens (tertiary/aromatic N) is 2. The molecule has 2 aromatic heterocycles. The standard InChI is InChI=1S/C23H24N4O5/c1-30-17-11-15(12-18(14-17)31-2)7-8-16-13-21(26-25-16)24-22(28)9-10-27-19-5-3-4-6-20(19)32-23(27)29/h3-6,11-14H,7-10H2,1-2H3,(H2,24,25,26,28). The number of aryl methyl sites for hydroxylation is 3. The number of para-hydroxylation sites is 2. The summed E-state index contributed by atoms with van der Waals surface area (Å²) in [6.45, 7) is 0.219. The molecule has 166 valence electrons. The van der Waals surface area contributed by atoms with Gasteiger partial charge in [-0.1, -0.05) is 12.1 Å². The van der Waals surface area contributed by atoms with Crippen LogP contribution >= 0.6 is 0 Å². The Morgan fingerprint density at radius 2 is 1.84 bits per heavy atom. The fraction of sp³-hybridized carbons (Fsp3) is 0.261. The van der Waals surface area contributed by atoms with Crippen LogP contribution in [0.3, 0.4) is 0 Å². The van der Waals surface area contributed by atoms with Crippen LogP contribution in [0.4, 0.5) is 5.82 Å². The van der Waals surface area contributed by atoms with E-state index in [-0.39, 0.29) is 18.9 Å². The second-order valence-corrected chi connectivity index (χ2v) is 7.28. The third-order valence-electron chi connectivity index (χ3n) is 5.13. The first-order valence-electron chi connectivity index (χ1n) is 10.2. The van der Waals surface area contributed by atoms with Crippen LogP contribution < -0.4 is 20.5 Å². The largest absolute Gasteiger partial charge is 0.497 e. The molecule has 2 N–H and O–H groups in total. The fourth-order valence-electron chi connectivity index (χ4n) is 3.49. The summed E-state index contributed by atoms with van der Waals surface area (Å²) in [4.78, 5) is 24.4. The van der Waals surface area contributed by atoms with Crippen molar-refractivity contribution in [1.82, 2.24) is 14.8 Å². The lowest BCUT2D eigenvalue weighted by Crippen LogP contribution is -2.19. The van der Waals surface area contributed by atoms with Gasteiger partial charge in [0.05, 0.1) is 19.7 Å². The van der Waals surface area contributed by atoms with E-state index in [0.717, 1.165) is 29.2 Å². The Morgan fingerprint density at radius 1 is 1.09 bits per heavy atom. The van der Waals surface area contributed by atoms with E-state index in [2.05, 4.69) is 15.5 Å². The SMILES string of the molecule is COc1cc(CCc2cc(NC(=O)CCn3c(=O)oc4ccccc43)n[nH]2)cc(OC)c1. The van der Waals surface area contributed by atoms with Gasteiger partial charge in [-0.3, -0.25) is 14.5 Å². The molecule has 0 bridgehead atoms. The first-order chi connectivity index (χ1) is 15.6. The molecule has 0 unspecified atom stereocenters. The number of carbonyl (C=O) groups is 1. The predicted octanol–water partition coefficient (Wildman–Crippen LogP) is 3.15. The normalized spacial score (nSPS) is 10.9. The van der Waals surface area contributed by atoms with E-state index in [0.29, 0.717) is 23.3 Å². The number of amides is 1. The van der Waals surface area contributed by atoms with Gasteiger partial charge in [-0.15, -0.1) is 0 Å². The molecule has 2 heterocycles. The van der Waals surface area contributed by atoms with Crippen molar-refractivity contribution in [3.05, 3.63) is 70.3 Å². The van der Waals surface area contributed by atoms with Gasteiger partial charge in [0.15, 0.2) is 11.4 Å². The quantitative estimate of drug-likeness (QED) is 0.417. The maximum absolute atomic E-state index is 12.3. The van der Waals surface area contributed by atoms with Crippen molar-refractivity contribution in [3.8, 4) is 11.5 Å². The maximum atomic E-state index is 12.3. The summed E-state index contributed by atoms with van der Waals surface area (Å²) in [5, 5.41) is 9.86. The Hall–Kier alpha value is -4.01. The molecule has 0 fully saturated rings. The maximum Gasteiger partial charge on any atom is 0.419 e. The van der Waals surface area contributed by atoms with Crippen LogP contribution in [-0.2, 0) is 24.2 Å². The summed E-state index contributed by atoms with van der Waals surface area (Å²) in [5.41, 5.74) is 3.13. The first-order valence-corrected chi connectivity index (χ1v) is 10.2. The minimum Gasteiger partial charge on any atom is -0.497 e. The van der Waals surface area contributed by atoms with Crippen LogP contribution in [-0.4, -0.2) is 34.9 Å². The van der Waals surface area contributed by atoms with E-state index in [1.165, 1.54) is 4.57 Å². The fourth-order valence-corrected chi connectivity index (χ4v) is 3.49. The van der Waals surface area contributed by atoms with Crippen molar-refractivity contribution in [2.24, 2.45) is 0 Å². The monoisotopic (exact) mass is 436 g/mol. The highest BCUT2D eigenvalue weighted by Crippen LogP contribution is 2.23. The van der Waals surface area contributed by atoms with Gasteiger partial charge in [0, 0.05) is 30.8 Å². The van der Waals surface area contributed by atoms with Gasteiger partial charge in [-0.25, -0.2) is 4.79 Å². The summed E-state index contributed by atoms with van der Waals surface area (Å²) < 4.78 is 17.2. The third-order valence-corrected chi connectivity index (χ3v) is 5.13. The number of fused-ring (bicyclic) bond motifs is 1. The van der Waals surface area contributed by atoms with Crippen LogP contribution in [0.1, 0.15) is 17.7 Å². The average Bonchev–Trinajstić information content (AvgIpc) is 3.38. The highest BCUT2D eigenvalue weighted by molar-refractivity contribution is 5.89. The zero-order valence-corrected chi connectivity index (χ0v) is 17.9. The molecule has 0 aliphatic rings. The molecular formula is C23H24N4O5. The van der Waals surface area contributed by atoms with Crippen molar-refractivity contribution < 1.29 is 18.7 Å². The van der Waals surface area contributed by atoms with Gasteiger partial charge in [-0.2, -0.15) is 5.10 Å². The zero-order valence-electron chi connectivity index (χ0n) is 17.9. The van der Waals surface area contributed by atoms with Crippen molar-refractivity contribution >= 4 is 22.8 Å². The smallest absolute Gasteiger partial charge is 0.419 e. The summed E-state index contributed by atoms with van der Waals surface area (Å²) in [6, 6.07) is 14.7. The number of nitrogens with one attached hydrogen (secondary N) is 2. The lowest BCUT2D eigenvalue weighted by molar-refractivity contribution is -0.116. The number of hydrogen-bond donors (Lipinski definition) is 2. The average molecular weight is 436 g/mol. The molecule has 4 aromatic rings. The van der Waals surface area contributed by atoms with Crippen molar-refractivity contribution in [2.75, 3.05) is 19.5 Å². The number of methoxy groups -OCH3 is 2. The van der Waals surface area contributed by atoms with Crippen LogP contribution in [0.15, 0.2) is 57.7 Å². The second-order valence-electron chi connectivity index (χ2n) is 7.28. The molecule has 0 aliphatic carbocycles. The van der Waals surface area contributed by atoms with Crippen molar-refractivity contribution in [3.63, 3.8) is 0 Å². The number of aromatic amines is 1. The lowest BCUT2D eigenvalue weighted by Gasteiger charge is -2.08. The van der Waals surface area contributed by atoms with Gasteiger partial charge in [0.25, 0.3) is 0 Å². The van der Waals surface area contributed by atoms with Crippen LogP contribution in [0.25, 0.3) is 11.1 Å². The summed E-state index contributed by atoms with van der Waals surface area (Å²) in [6.07, 6.45) is 1.57. The van der Waals surface area contributed by atoms with Crippen molar-refractivity contribution in [1.29, 1.82) is 0 Å². The van der Waals surface area contributed by atoms with Gasteiger partial charge in [0.1, 0.15) is 11.5 Å². The van der Waals surface area contributed by atoms with E-state index in [1.807, 2.05) is 24.3 Å². The van der Waals surface area contributed by atoms with Crippen LogP contribution in [0.5, 0.6) is 11.5 Å². The molecular weight excluding hydrogens is 412 g/mol. The number of rotatable bonds is 9. The number of ether oxygens (including phenoxy) is 2. The summed E-state index contributed by atoms with van der Waals surface area (Å²) >= 11 is 0. The molecule has 0 aliphatic heterocycles. The number of anilines is 1. The number of hydrogen-bond acceptors (Lipinski definition) is 6. The molecule has 1 amide bonds. The number of aromatic nitrogens is 3. The van der Waals surface area contributed by atoms with E-state index >= 15 is 0 Å². The molecule has 0 saturated carbocycles. The molecule has 0 atom stereocenters. The Morgan fingerprint density at radius 3 is 2.59 bits per heavy atom. The molecule has 0 spiro atoms. The number of carbonyl (C=O) groups excluding carboxylic acids is 1. The van der Waals surface area contributed by atoms with E-state index in [4.69, 9.17) is 13.9 Å². The minimum atomic E-state index is -0.477. The van der Waals surface area contributed by atoms with Gasteiger partial charge in [0.2, 0.25) is 5.91 Å². The summed E-state index contributed by atoms with van der Waals surface area (Å²) in [7, 11) is 3.24. The predicted molar refractivity (Wildman–Crippen MR) is 119 cm³/mol. The van der Waals surface area contributed by atoms with Gasteiger partial charge < -0.3 is 19.2 Å². The van der Waals surface area contributed by atoms with E-state index < -0.39 is 5.76 Å². The first kappa shape index (κ1) is 21.2. The Labute approximate surface area is 184 Å². The Bertz CT molecular complexity index is 1260. The summed E-state index contributed by atoms with van der Waals surface area (Å²) in [5.74, 6) is 1.20. The van der Waals surface area contributed by atoms with Gasteiger partial charge in [-0.05, 0) is 42.7 Å². The van der Waals surface area contributed by atoms with E-state index in [1.54, 1.807) is 38.5 Å². The van der Waals surface area contributed by atoms with Gasteiger partial charge >= 0.3 is 5.76 Å². The molecule has 9 nitrogen and oxygen atoms in total. The highest BCUT2D eigenvalue weighted by atomic mass is 16.5. The highest BCUT2D eigenvalue weighted by Gasteiger charge is 2.12. The van der Waals surface area contributed by atoms with E-state index in [9.17, 15) is 9.59 Å².